The monoisotopic (exact) mass is 427 g/mol. The van der Waals surface area contributed by atoms with Gasteiger partial charge in [-0.1, -0.05) is 61.4 Å². The fourth-order valence-corrected chi connectivity index (χ4v) is 4.31. The van der Waals surface area contributed by atoms with Gasteiger partial charge in [-0.3, -0.25) is 0 Å². The number of benzene rings is 3. The third kappa shape index (κ3) is 4.80. The van der Waals surface area contributed by atoms with E-state index in [0.29, 0.717) is 11.8 Å². The molecule has 0 saturated heterocycles. The summed E-state index contributed by atoms with van der Waals surface area (Å²) in [6, 6.07) is 15.2. The van der Waals surface area contributed by atoms with Crippen molar-refractivity contribution in [1.29, 1.82) is 0 Å². The zero-order valence-corrected chi connectivity index (χ0v) is 17.8. The van der Waals surface area contributed by atoms with Crippen LogP contribution in [0.15, 0.2) is 65.6 Å². The fourth-order valence-electron chi connectivity index (χ4n) is 3.15. The number of aryl methyl sites for hydroxylation is 1. The van der Waals surface area contributed by atoms with Crippen molar-refractivity contribution in [3.05, 3.63) is 71.8 Å². The smallest absolute Gasteiger partial charge is 0.328 e. The molecular weight excluding hydrogens is 402 g/mol. The minimum atomic E-state index is -4.05. The standard InChI is InChI=1S/C23H25NO5S/c1-3-4-15-29-23(26)22(24-30(27,28)18-12-9-16(2)10-13-18)21-19-8-6-5-7-17(19)11-14-20(21)25/h5-14,22,24-25H,3-4,15H2,1-2H3. The Morgan fingerprint density at radius 1 is 1.07 bits per heavy atom. The van der Waals surface area contributed by atoms with E-state index in [1.54, 1.807) is 30.3 Å². The summed E-state index contributed by atoms with van der Waals surface area (Å²) in [5.41, 5.74) is 1.08. The molecule has 0 aromatic heterocycles. The average molecular weight is 428 g/mol. The molecule has 3 aromatic rings. The second-order valence-electron chi connectivity index (χ2n) is 7.11. The maximum atomic E-state index is 13.0. The third-order valence-electron chi connectivity index (χ3n) is 4.82. The number of ether oxygens (including phenoxy) is 1. The van der Waals surface area contributed by atoms with Crippen LogP contribution in [0.1, 0.15) is 36.9 Å². The lowest BCUT2D eigenvalue weighted by Crippen LogP contribution is -2.35. The highest BCUT2D eigenvalue weighted by Crippen LogP contribution is 2.34. The molecule has 0 fully saturated rings. The van der Waals surface area contributed by atoms with Crippen molar-refractivity contribution >= 4 is 26.8 Å². The number of phenols is 1. The second kappa shape index (κ2) is 9.28. The Kier molecular flexibility index (Phi) is 6.74. The van der Waals surface area contributed by atoms with Gasteiger partial charge in [-0.15, -0.1) is 0 Å². The highest BCUT2D eigenvalue weighted by Gasteiger charge is 2.32. The summed E-state index contributed by atoms with van der Waals surface area (Å²) in [6.45, 7) is 3.98. The summed E-state index contributed by atoms with van der Waals surface area (Å²) < 4.78 is 33.8. The van der Waals surface area contributed by atoms with Gasteiger partial charge in [0.15, 0.2) is 0 Å². The van der Waals surface area contributed by atoms with Gasteiger partial charge in [0, 0.05) is 5.56 Å². The minimum Gasteiger partial charge on any atom is -0.508 e. The molecular formula is C23H25NO5S. The number of sulfonamides is 1. The molecule has 1 atom stereocenters. The van der Waals surface area contributed by atoms with Crippen LogP contribution < -0.4 is 4.72 Å². The highest BCUT2D eigenvalue weighted by atomic mass is 32.2. The minimum absolute atomic E-state index is 0.0270. The van der Waals surface area contributed by atoms with E-state index >= 15 is 0 Å². The zero-order valence-electron chi connectivity index (χ0n) is 17.0. The molecule has 0 bridgehead atoms. The van der Waals surface area contributed by atoms with Gasteiger partial charge in [0.1, 0.15) is 11.8 Å². The maximum absolute atomic E-state index is 13.0. The van der Waals surface area contributed by atoms with Gasteiger partial charge >= 0.3 is 5.97 Å². The van der Waals surface area contributed by atoms with Gasteiger partial charge in [0.2, 0.25) is 10.0 Å². The van der Waals surface area contributed by atoms with Gasteiger partial charge in [0.25, 0.3) is 0 Å². The van der Waals surface area contributed by atoms with Crippen LogP contribution in [-0.4, -0.2) is 26.1 Å². The molecule has 0 aliphatic carbocycles. The van der Waals surface area contributed by atoms with Crippen molar-refractivity contribution in [3.63, 3.8) is 0 Å². The van der Waals surface area contributed by atoms with Crippen molar-refractivity contribution in [3.8, 4) is 5.75 Å². The quantitative estimate of drug-likeness (QED) is 0.415. The van der Waals surface area contributed by atoms with E-state index in [0.717, 1.165) is 17.4 Å². The van der Waals surface area contributed by atoms with Crippen LogP contribution in [0.2, 0.25) is 0 Å². The Morgan fingerprint density at radius 3 is 2.47 bits per heavy atom. The molecule has 7 heteroatoms. The van der Waals surface area contributed by atoms with Crippen LogP contribution in [0.4, 0.5) is 0 Å². The first-order valence-corrected chi connectivity index (χ1v) is 11.3. The lowest BCUT2D eigenvalue weighted by atomic mass is 9.98. The molecule has 1 unspecified atom stereocenters. The Hall–Kier alpha value is -2.90. The number of hydrogen-bond acceptors (Lipinski definition) is 5. The molecule has 0 aliphatic heterocycles. The van der Waals surface area contributed by atoms with Crippen LogP contribution in [0.3, 0.4) is 0 Å². The van der Waals surface area contributed by atoms with Crippen LogP contribution in [0.5, 0.6) is 5.75 Å². The number of fused-ring (bicyclic) bond motifs is 1. The van der Waals surface area contributed by atoms with E-state index < -0.39 is 22.0 Å². The van der Waals surface area contributed by atoms with Gasteiger partial charge in [-0.2, -0.15) is 4.72 Å². The summed E-state index contributed by atoms with van der Waals surface area (Å²) in [5.74, 6) is -0.941. The molecule has 3 aromatic carbocycles. The first-order chi connectivity index (χ1) is 14.3. The zero-order chi connectivity index (χ0) is 21.7. The van der Waals surface area contributed by atoms with Gasteiger partial charge in [-0.25, -0.2) is 13.2 Å². The summed E-state index contributed by atoms with van der Waals surface area (Å²) >= 11 is 0. The molecule has 6 nitrogen and oxygen atoms in total. The number of carbonyl (C=O) groups excluding carboxylic acids is 1. The number of hydrogen-bond donors (Lipinski definition) is 2. The van der Waals surface area contributed by atoms with E-state index in [9.17, 15) is 18.3 Å². The molecule has 0 heterocycles. The number of aromatic hydroxyl groups is 1. The topological polar surface area (TPSA) is 92.7 Å². The Labute approximate surface area is 176 Å². The van der Waals surface area contributed by atoms with Crippen molar-refractivity contribution < 1.29 is 23.1 Å². The molecule has 30 heavy (non-hydrogen) atoms. The highest BCUT2D eigenvalue weighted by molar-refractivity contribution is 7.89. The van der Waals surface area contributed by atoms with Gasteiger partial charge in [-0.05, 0) is 42.3 Å². The molecule has 0 saturated carbocycles. The normalized spacial score (nSPS) is 12.6. The first kappa shape index (κ1) is 21.8. The molecule has 3 rings (SSSR count). The number of nitrogens with one attached hydrogen (secondary N) is 1. The van der Waals surface area contributed by atoms with Gasteiger partial charge in [0.05, 0.1) is 11.5 Å². The fraction of sp³-hybridized carbons (Fsp3) is 0.261. The third-order valence-corrected chi connectivity index (χ3v) is 6.26. The van der Waals surface area contributed by atoms with Gasteiger partial charge < -0.3 is 9.84 Å². The number of esters is 1. The molecule has 158 valence electrons. The lowest BCUT2D eigenvalue weighted by molar-refractivity contribution is -0.146. The summed E-state index contributed by atoms with van der Waals surface area (Å²) in [7, 11) is -4.05. The van der Waals surface area contributed by atoms with Crippen molar-refractivity contribution in [2.24, 2.45) is 0 Å². The van der Waals surface area contributed by atoms with Crippen LogP contribution >= 0.6 is 0 Å². The first-order valence-electron chi connectivity index (χ1n) is 9.79. The molecule has 0 amide bonds. The van der Waals surface area contributed by atoms with E-state index in [2.05, 4.69) is 4.72 Å². The van der Waals surface area contributed by atoms with Crippen LogP contribution in [0, 0.1) is 6.92 Å². The average Bonchev–Trinajstić information content (AvgIpc) is 2.73. The van der Waals surface area contributed by atoms with E-state index in [1.807, 2.05) is 26.0 Å². The lowest BCUT2D eigenvalue weighted by Gasteiger charge is -2.21. The largest absolute Gasteiger partial charge is 0.508 e. The summed E-state index contributed by atoms with van der Waals surface area (Å²) in [6.07, 6.45) is 1.48. The molecule has 2 N–H and O–H groups in total. The predicted octanol–water partition coefficient (Wildman–Crippen LogP) is 4.22. The molecule has 0 radical (unpaired) electrons. The Bertz CT molecular complexity index is 1140. The molecule has 0 spiro atoms. The predicted molar refractivity (Wildman–Crippen MR) is 116 cm³/mol. The van der Waals surface area contributed by atoms with E-state index in [-0.39, 0.29) is 22.8 Å². The Balaban J connectivity index is 2.07. The van der Waals surface area contributed by atoms with Crippen LogP contribution in [0.25, 0.3) is 10.8 Å². The maximum Gasteiger partial charge on any atom is 0.328 e. The Morgan fingerprint density at radius 2 is 1.77 bits per heavy atom. The molecule has 0 aliphatic rings. The summed E-state index contributed by atoms with van der Waals surface area (Å²) in [5, 5.41) is 11.9. The number of rotatable bonds is 8. The second-order valence-corrected chi connectivity index (χ2v) is 8.82. The SMILES string of the molecule is CCCCOC(=O)C(NS(=O)(=O)c1ccc(C)cc1)c1c(O)ccc2ccccc12. The number of carbonyl (C=O) groups is 1. The van der Waals surface area contributed by atoms with Crippen molar-refractivity contribution in [2.75, 3.05) is 6.61 Å². The van der Waals surface area contributed by atoms with E-state index in [4.69, 9.17) is 4.74 Å². The number of unbranched alkanes of at least 4 members (excludes halogenated alkanes) is 1. The van der Waals surface area contributed by atoms with Crippen molar-refractivity contribution in [2.45, 2.75) is 37.6 Å². The van der Waals surface area contributed by atoms with Crippen molar-refractivity contribution in [1.82, 2.24) is 4.72 Å². The number of phenolic OH excluding ortho intramolecular Hbond substituents is 1. The summed E-state index contributed by atoms with van der Waals surface area (Å²) in [4.78, 5) is 12.9. The van der Waals surface area contributed by atoms with Crippen LogP contribution in [-0.2, 0) is 19.6 Å². The van der Waals surface area contributed by atoms with E-state index in [1.165, 1.54) is 18.2 Å².